The van der Waals surface area contributed by atoms with E-state index in [9.17, 15) is 0 Å². The molecule has 0 bridgehead atoms. The molecule has 0 aromatic rings. The van der Waals surface area contributed by atoms with E-state index in [1.807, 2.05) is 0 Å². The third-order valence-electron chi connectivity index (χ3n) is 3.48. The van der Waals surface area contributed by atoms with Crippen LogP contribution in [-0.2, 0) is 33.6 Å². The second-order valence-electron chi connectivity index (χ2n) is 5.35. The van der Waals surface area contributed by atoms with E-state index in [4.69, 9.17) is 14.2 Å². The molecule has 0 heterocycles. The Balaban J connectivity index is 4.11. The summed E-state index contributed by atoms with van der Waals surface area (Å²) in [5.74, 6) is 1.84. The molecule has 0 unspecified atom stereocenters. The third-order valence-corrected chi connectivity index (χ3v) is 4.50. The van der Waals surface area contributed by atoms with Gasteiger partial charge in [0.2, 0.25) is 0 Å². The molecule has 0 aromatic heterocycles. The quantitative estimate of drug-likeness (QED) is 0.162. The molecule has 0 saturated carbocycles. The van der Waals surface area contributed by atoms with Gasteiger partial charge in [-0.3, -0.25) is 0 Å². The maximum atomic E-state index is 5.66. The Bertz CT molecular complexity index is 412. The molecule has 0 aliphatic heterocycles. The van der Waals surface area contributed by atoms with Gasteiger partial charge >= 0.3 is 158 Å². The van der Waals surface area contributed by atoms with Crippen LogP contribution in [-0.4, -0.2) is 23.9 Å². The van der Waals surface area contributed by atoms with Crippen LogP contribution in [0.4, 0.5) is 0 Å². The molecule has 24 heavy (non-hydrogen) atoms. The molecule has 0 aromatic carbocycles. The first-order valence-electron chi connectivity index (χ1n) is 8.21. The van der Waals surface area contributed by atoms with Crippen molar-refractivity contribution in [3.63, 3.8) is 0 Å². The van der Waals surface area contributed by atoms with E-state index in [0.717, 1.165) is 42.8 Å². The maximum absolute atomic E-state index is 5.66. The predicted octanol–water partition coefficient (Wildman–Crippen LogP) is 4.87. The SMILES string of the molecule is C=CC(=C)OCCCC(CCCOC(=C)C=C)CCO[C](=[W])C=C. The van der Waals surface area contributed by atoms with Crippen molar-refractivity contribution in [2.24, 2.45) is 5.92 Å². The normalized spacial score (nSPS) is 10.0. The summed E-state index contributed by atoms with van der Waals surface area (Å²) in [6.45, 7) is 20.6. The van der Waals surface area contributed by atoms with Crippen LogP contribution in [0.2, 0.25) is 0 Å². The van der Waals surface area contributed by atoms with Gasteiger partial charge in [0.25, 0.3) is 0 Å². The van der Waals surface area contributed by atoms with Gasteiger partial charge in [-0.15, -0.1) is 0 Å². The van der Waals surface area contributed by atoms with Crippen molar-refractivity contribution in [1.82, 2.24) is 0 Å². The Morgan fingerprint density at radius 3 is 1.67 bits per heavy atom. The fourth-order valence-corrected chi connectivity index (χ4v) is 2.39. The minimum atomic E-state index is 0.582. The Kier molecular flexibility index (Phi) is 14.6. The fourth-order valence-electron chi connectivity index (χ4n) is 2.09. The Morgan fingerprint density at radius 1 is 0.750 bits per heavy atom. The summed E-state index contributed by atoms with van der Waals surface area (Å²) in [6.07, 6.45) is 10.2. The van der Waals surface area contributed by atoms with Crippen molar-refractivity contribution < 1.29 is 33.6 Å². The van der Waals surface area contributed by atoms with Gasteiger partial charge in [-0.1, -0.05) is 0 Å². The molecule has 4 heteroatoms. The molecule has 0 amide bonds. The average molecular weight is 502 g/mol. The first kappa shape index (κ1) is 22.8. The molecule has 0 saturated heterocycles. The molecule has 0 radical (unpaired) electrons. The van der Waals surface area contributed by atoms with Gasteiger partial charge in [0, 0.05) is 0 Å². The number of hydrogen-bond acceptors (Lipinski definition) is 3. The van der Waals surface area contributed by atoms with E-state index in [1.54, 1.807) is 18.2 Å². The Hall–Kier alpha value is -1.18. The summed E-state index contributed by atoms with van der Waals surface area (Å²) in [7, 11) is 0. The van der Waals surface area contributed by atoms with Crippen LogP contribution in [0.5, 0.6) is 0 Å². The van der Waals surface area contributed by atoms with Gasteiger partial charge in [-0.2, -0.15) is 0 Å². The predicted molar refractivity (Wildman–Crippen MR) is 98.3 cm³/mol. The van der Waals surface area contributed by atoms with Crippen LogP contribution in [0, 0.1) is 5.92 Å². The molecule has 0 N–H and O–H groups in total. The second-order valence-corrected chi connectivity index (χ2v) is 6.79. The van der Waals surface area contributed by atoms with Gasteiger partial charge in [0.1, 0.15) is 0 Å². The van der Waals surface area contributed by atoms with Crippen molar-refractivity contribution in [1.29, 1.82) is 0 Å². The third kappa shape index (κ3) is 13.3. The molecule has 134 valence electrons. The topological polar surface area (TPSA) is 27.7 Å². The van der Waals surface area contributed by atoms with Gasteiger partial charge in [0.15, 0.2) is 0 Å². The van der Waals surface area contributed by atoms with Gasteiger partial charge in [-0.25, -0.2) is 0 Å². The van der Waals surface area contributed by atoms with Crippen LogP contribution in [0.25, 0.3) is 0 Å². The first-order valence-corrected chi connectivity index (χ1v) is 9.67. The van der Waals surface area contributed by atoms with Crippen LogP contribution >= 0.6 is 0 Å². The van der Waals surface area contributed by atoms with Gasteiger partial charge < -0.3 is 0 Å². The summed E-state index contributed by atoms with van der Waals surface area (Å²) in [5.41, 5.74) is 0. The molecular weight excluding hydrogens is 472 g/mol. The van der Waals surface area contributed by atoms with E-state index in [0.29, 0.717) is 30.6 Å². The summed E-state index contributed by atoms with van der Waals surface area (Å²) >= 11 is 1.31. The number of rotatable bonds is 17. The van der Waals surface area contributed by atoms with E-state index >= 15 is 0 Å². The Labute approximate surface area is 158 Å². The zero-order chi connectivity index (χ0) is 18.2. The molecular formula is C20H30O3W. The van der Waals surface area contributed by atoms with Gasteiger partial charge in [0.05, 0.1) is 0 Å². The number of hydrogen-bond donors (Lipinski definition) is 0. The van der Waals surface area contributed by atoms with Crippen LogP contribution in [0.3, 0.4) is 0 Å². The van der Waals surface area contributed by atoms with Crippen LogP contribution in [0.1, 0.15) is 32.1 Å². The van der Waals surface area contributed by atoms with Crippen molar-refractivity contribution >= 4 is 4.08 Å². The van der Waals surface area contributed by atoms with Crippen LogP contribution < -0.4 is 0 Å². The summed E-state index contributed by atoms with van der Waals surface area (Å²) < 4.78 is 17.5. The number of ether oxygens (including phenoxy) is 3. The van der Waals surface area contributed by atoms with Crippen molar-refractivity contribution in [3.05, 3.63) is 62.6 Å². The fraction of sp³-hybridized carbons (Fsp3) is 0.450. The summed E-state index contributed by atoms with van der Waals surface area (Å²) in [4.78, 5) is 0. The second kappa shape index (κ2) is 15.4. The van der Waals surface area contributed by atoms with Gasteiger partial charge in [-0.05, 0) is 0 Å². The molecule has 0 atom stereocenters. The van der Waals surface area contributed by atoms with E-state index in [1.165, 1.54) is 19.4 Å². The molecule has 0 aliphatic carbocycles. The minimum absolute atomic E-state index is 0.582. The summed E-state index contributed by atoms with van der Waals surface area (Å²) in [5, 5.41) is 0. The van der Waals surface area contributed by atoms with E-state index in [2.05, 4.69) is 32.9 Å². The molecule has 0 aliphatic rings. The first-order chi connectivity index (χ1) is 11.5. The molecule has 3 nitrogen and oxygen atoms in total. The zero-order valence-corrected chi connectivity index (χ0v) is 17.6. The molecule has 0 fully saturated rings. The van der Waals surface area contributed by atoms with Crippen LogP contribution in [0.15, 0.2) is 62.6 Å². The average Bonchev–Trinajstić information content (AvgIpc) is 2.60. The van der Waals surface area contributed by atoms with E-state index in [-0.39, 0.29) is 0 Å². The standard InChI is InChI=1S/C20H30O3.W/c1-6-14-21-17-13-20(11-9-15-22-18(4)7-2)12-10-16-23-19(5)8-3;/h6-8,20H,1-5,9-13,15-17H2;. The molecule has 0 rings (SSSR count). The molecule has 0 spiro atoms. The van der Waals surface area contributed by atoms with E-state index < -0.39 is 0 Å². The summed E-state index contributed by atoms with van der Waals surface area (Å²) in [6, 6.07) is 0. The monoisotopic (exact) mass is 502 g/mol. The zero-order valence-electron chi connectivity index (χ0n) is 14.6. The number of allylic oxidation sites excluding steroid dienone is 2. The Morgan fingerprint density at radius 2 is 1.25 bits per heavy atom. The van der Waals surface area contributed by atoms with Crippen molar-refractivity contribution in [3.8, 4) is 0 Å². The van der Waals surface area contributed by atoms with Crippen molar-refractivity contribution in [2.75, 3.05) is 19.8 Å². The van der Waals surface area contributed by atoms with Crippen molar-refractivity contribution in [2.45, 2.75) is 32.1 Å².